The molecule has 86 valence electrons. The quantitative estimate of drug-likeness (QED) is 0.763. The number of hydrogen-bond donors (Lipinski definition) is 1. The third kappa shape index (κ3) is 2.94. The number of nitrogens with one attached hydrogen (secondary N) is 1. The predicted octanol–water partition coefficient (Wildman–Crippen LogP) is 1.39. The van der Waals surface area contributed by atoms with Gasteiger partial charge in [-0.05, 0) is 19.3 Å². The van der Waals surface area contributed by atoms with E-state index in [0.29, 0.717) is 11.9 Å². The van der Waals surface area contributed by atoms with Gasteiger partial charge in [0.05, 0.1) is 0 Å². The van der Waals surface area contributed by atoms with Crippen LogP contribution in [0.5, 0.6) is 0 Å². The molecule has 0 spiro atoms. The van der Waals surface area contributed by atoms with E-state index in [1.807, 2.05) is 4.90 Å². The highest BCUT2D eigenvalue weighted by molar-refractivity contribution is 5.76. The van der Waals surface area contributed by atoms with E-state index in [2.05, 4.69) is 12.2 Å². The van der Waals surface area contributed by atoms with Crippen LogP contribution in [0.1, 0.15) is 39.0 Å². The Bertz CT molecular complexity index is 226. The fraction of sp³-hybridized carbons (Fsp3) is 0.917. The van der Waals surface area contributed by atoms with Crippen molar-refractivity contribution in [1.29, 1.82) is 0 Å². The SMILES string of the molecule is C[C@H]1CN(C(=O)CCC2CCC2)CCN1. The first-order chi connectivity index (χ1) is 7.25. The molecular formula is C12H22N2O. The molecule has 1 amide bonds. The van der Waals surface area contributed by atoms with Crippen molar-refractivity contribution in [2.45, 2.75) is 45.1 Å². The van der Waals surface area contributed by atoms with Crippen molar-refractivity contribution in [3.63, 3.8) is 0 Å². The Labute approximate surface area is 92.2 Å². The van der Waals surface area contributed by atoms with Crippen LogP contribution in [0, 0.1) is 5.92 Å². The summed E-state index contributed by atoms with van der Waals surface area (Å²) in [4.78, 5) is 13.9. The third-order valence-corrected chi connectivity index (χ3v) is 3.71. The number of rotatable bonds is 3. The number of carbonyl (C=O) groups is 1. The molecule has 2 fully saturated rings. The van der Waals surface area contributed by atoms with Gasteiger partial charge in [0.2, 0.25) is 5.91 Å². The van der Waals surface area contributed by atoms with E-state index in [1.165, 1.54) is 19.3 Å². The molecule has 1 saturated carbocycles. The van der Waals surface area contributed by atoms with E-state index >= 15 is 0 Å². The van der Waals surface area contributed by atoms with Crippen molar-refractivity contribution in [1.82, 2.24) is 10.2 Å². The van der Waals surface area contributed by atoms with E-state index in [1.54, 1.807) is 0 Å². The van der Waals surface area contributed by atoms with Crippen molar-refractivity contribution in [3.8, 4) is 0 Å². The molecule has 0 aromatic rings. The van der Waals surface area contributed by atoms with Gasteiger partial charge < -0.3 is 10.2 Å². The maximum Gasteiger partial charge on any atom is 0.222 e. The highest BCUT2D eigenvalue weighted by atomic mass is 16.2. The molecule has 1 N–H and O–H groups in total. The zero-order valence-corrected chi connectivity index (χ0v) is 9.67. The summed E-state index contributed by atoms with van der Waals surface area (Å²) >= 11 is 0. The second-order valence-corrected chi connectivity index (χ2v) is 5.03. The van der Waals surface area contributed by atoms with Gasteiger partial charge in [-0.3, -0.25) is 4.79 Å². The first-order valence-corrected chi connectivity index (χ1v) is 6.27. The molecular weight excluding hydrogens is 188 g/mol. The lowest BCUT2D eigenvalue weighted by Crippen LogP contribution is -2.51. The normalized spacial score (nSPS) is 27.5. The van der Waals surface area contributed by atoms with Gasteiger partial charge in [0, 0.05) is 32.1 Å². The summed E-state index contributed by atoms with van der Waals surface area (Å²) in [7, 11) is 0. The second-order valence-electron chi connectivity index (χ2n) is 5.03. The summed E-state index contributed by atoms with van der Waals surface area (Å²) in [5.41, 5.74) is 0. The smallest absolute Gasteiger partial charge is 0.222 e. The minimum Gasteiger partial charge on any atom is -0.340 e. The van der Waals surface area contributed by atoms with Crippen LogP contribution < -0.4 is 5.32 Å². The molecule has 1 aliphatic carbocycles. The van der Waals surface area contributed by atoms with Gasteiger partial charge in [-0.15, -0.1) is 0 Å². The molecule has 0 radical (unpaired) electrons. The largest absolute Gasteiger partial charge is 0.340 e. The van der Waals surface area contributed by atoms with Gasteiger partial charge in [0.15, 0.2) is 0 Å². The molecule has 2 rings (SSSR count). The molecule has 2 aliphatic rings. The van der Waals surface area contributed by atoms with Crippen LogP contribution >= 0.6 is 0 Å². The number of carbonyl (C=O) groups excluding carboxylic acids is 1. The topological polar surface area (TPSA) is 32.3 Å². The van der Waals surface area contributed by atoms with Crippen LogP contribution in [-0.2, 0) is 4.79 Å². The Hall–Kier alpha value is -0.570. The zero-order valence-electron chi connectivity index (χ0n) is 9.67. The Morgan fingerprint density at radius 2 is 2.27 bits per heavy atom. The molecule has 0 aromatic carbocycles. The van der Waals surface area contributed by atoms with E-state index < -0.39 is 0 Å². The fourth-order valence-corrected chi connectivity index (χ4v) is 2.43. The average Bonchev–Trinajstić information content (AvgIpc) is 2.15. The lowest BCUT2D eigenvalue weighted by atomic mass is 9.82. The molecule has 3 nitrogen and oxygen atoms in total. The number of nitrogens with zero attached hydrogens (tertiary/aromatic N) is 1. The highest BCUT2D eigenvalue weighted by Gasteiger charge is 2.23. The average molecular weight is 210 g/mol. The zero-order chi connectivity index (χ0) is 10.7. The van der Waals surface area contributed by atoms with Gasteiger partial charge in [-0.1, -0.05) is 19.3 Å². The molecule has 3 heteroatoms. The maximum atomic E-state index is 11.9. The van der Waals surface area contributed by atoms with Gasteiger partial charge >= 0.3 is 0 Å². The third-order valence-electron chi connectivity index (χ3n) is 3.71. The minimum absolute atomic E-state index is 0.371. The van der Waals surface area contributed by atoms with Crippen molar-refractivity contribution >= 4 is 5.91 Å². The molecule has 1 heterocycles. The first-order valence-electron chi connectivity index (χ1n) is 6.27. The fourth-order valence-electron chi connectivity index (χ4n) is 2.43. The number of piperazine rings is 1. The van der Waals surface area contributed by atoms with Crippen molar-refractivity contribution in [2.24, 2.45) is 5.92 Å². The standard InChI is InChI=1S/C12H22N2O/c1-10-9-14(8-7-13-10)12(15)6-5-11-3-2-4-11/h10-11,13H,2-9H2,1H3/t10-/m0/s1. The highest BCUT2D eigenvalue weighted by Crippen LogP contribution is 2.30. The number of amides is 1. The molecule has 15 heavy (non-hydrogen) atoms. The summed E-state index contributed by atoms with van der Waals surface area (Å²) in [5, 5.41) is 3.36. The lowest BCUT2D eigenvalue weighted by molar-refractivity contribution is -0.132. The summed E-state index contributed by atoms with van der Waals surface area (Å²) in [5.74, 6) is 1.23. The van der Waals surface area contributed by atoms with Crippen molar-refractivity contribution in [3.05, 3.63) is 0 Å². The van der Waals surface area contributed by atoms with Crippen molar-refractivity contribution in [2.75, 3.05) is 19.6 Å². The van der Waals surface area contributed by atoms with Crippen LogP contribution in [0.4, 0.5) is 0 Å². The molecule has 0 aromatic heterocycles. The molecule has 0 bridgehead atoms. The monoisotopic (exact) mass is 210 g/mol. The van der Waals surface area contributed by atoms with Gasteiger partial charge in [0.1, 0.15) is 0 Å². The summed E-state index contributed by atoms with van der Waals surface area (Å²) in [6, 6.07) is 0.464. The van der Waals surface area contributed by atoms with Crippen LogP contribution in [0.15, 0.2) is 0 Å². The second kappa shape index (κ2) is 4.97. The van der Waals surface area contributed by atoms with Crippen molar-refractivity contribution < 1.29 is 4.79 Å². The molecule has 1 saturated heterocycles. The Morgan fingerprint density at radius 3 is 2.87 bits per heavy atom. The van der Waals surface area contributed by atoms with Gasteiger partial charge in [0.25, 0.3) is 0 Å². The van der Waals surface area contributed by atoms with Gasteiger partial charge in [-0.2, -0.15) is 0 Å². The van der Waals surface area contributed by atoms with Crippen LogP contribution in [0.25, 0.3) is 0 Å². The van der Waals surface area contributed by atoms with E-state index in [9.17, 15) is 4.79 Å². The predicted molar refractivity (Wildman–Crippen MR) is 60.6 cm³/mol. The Morgan fingerprint density at radius 1 is 1.47 bits per heavy atom. The Kier molecular flexibility index (Phi) is 3.62. The minimum atomic E-state index is 0.371. The first kappa shape index (κ1) is 10.9. The van der Waals surface area contributed by atoms with E-state index in [-0.39, 0.29) is 0 Å². The molecule has 1 atom stereocenters. The van der Waals surface area contributed by atoms with Gasteiger partial charge in [-0.25, -0.2) is 0 Å². The van der Waals surface area contributed by atoms with Crippen LogP contribution in [0.3, 0.4) is 0 Å². The van der Waals surface area contributed by atoms with E-state index in [4.69, 9.17) is 0 Å². The lowest BCUT2D eigenvalue weighted by Gasteiger charge is -2.33. The van der Waals surface area contributed by atoms with E-state index in [0.717, 1.165) is 38.4 Å². The summed E-state index contributed by atoms with van der Waals surface area (Å²) < 4.78 is 0. The summed E-state index contributed by atoms with van der Waals surface area (Å²) in [6.07, 6.45) is 5.98. The Balaban J connectivity index is 1.69. The maximum absolute atomic E-state index is 11.9. The van der Waals surface area contributed by atoms with Crippen LogP contribution in [-0.4, -0.2) is 36.5 Å². The molecule has 0 unspecified atom stereocenters. The van der Waals surface area contributed by atoms with Crippen LogP contribution in [0.2, 0.25) is 0 Å². The summed E-state index contributed by atoms with van der Waals surface area (Å²) in [6.45, 7) is 4.89. The molecule has 1 aliphatic heterocycles. The number of hydrogen-bond acceptors (Lipinski definition) is 2.